The van der Waals surface area contributed by atoms with Gasteiger partial charge in [0.05, 0.1) is 23.4 Å². The maximum absolute atomic E-state index is 12.7. The highest BCUT2D eigenvalue weighted by molar-refractivity contribution is 8.01. The summed E-state index contributed by atoms with van der Waals surface area (Å²) in [4.78, 5) is 23.8. The zero-order valence-corrected chi connectivity index (χ0v) is 19.0. The predicted molar refractivity (Wildman–Crippen MR) is 119 cm³/mol. The minimum Gasteiger partial charge on any atom is -0.468 e. The second kappa shape index (κ2) is 9.90. The van der Waals surface area contributed by atoms with Gasteiger partial charge in [0.2, 0.25) is 5.13 Å². The molecule has 0 atom stereocenters. The van der Waals surface area contributed by atoms with Gasteiger partial charge in [-0.15, -0.1) is 10.2 Å². The monoisotopic (exact) mass is 478 g/mol. The van der Waals surface area contributed by atoms with Gasteiger partial charge in [-0.05, 0) is 36.4 Å². The van der Waals surface area contributed by atoms with E-state index in [0.717, 1.165) is 27.4 Å². The van der Waals surface area contributed by atoms with Crippen LogP contribution in [0.1, 0.15) is 10.4 Å². The number of rotatable bonds is 8. The number of hydrogen-bond donors (Lipinski definition) is 1. The van der Waals surface area contributed by atoms with Gasteiger partial charge in [0.25, 0.3) is 15.9 Å². The molecule has 1 heterocycles. The number of esters is 1. The Labute approximate surface area is 187 Å². The molecular weight excluding hydrogens is 460 g/mol. The number of carbonyl (C=O) groups excluding carboxylic acids is 2. The molecule has 3 aromatic rings. The summed E-state index contributed by atoms with van der Waals surface area (Å²) in [6, 6.07) is 14.2. The number of thioether (sulfide) groups is 1. The maximum Gasteiger partial charge on any atom is 0.316 e. The Morgan fingerprint density at radius 2 is 1.77 bits per heavy atom. The summed E-state index contributed by atoms with van der Waals surface area (Å²) in [6.45, 7) is 0. The molecule has 0 spiro atoms. The van der Waals surface area contributed by atoms with E-state index in [-0.39, 0.29) is 21.7 Å². The molecule has 1 aromatic heterocycles. The maximum atomic E-state index is 12.7. The standard InChI is InChI=1S/C19H18N4O5S3/c1-23(31(26,27)15-6-4-3-5-7-15)14-10-8-13(9-11-14)17(25)20-18-21-22-19(30-18)29-12-16(24)28-2/h3-11H,12H2,1-2H3,(H,20,21,25). The molecule has 0 radical (unpaired) electrons. The molecule has 0 unspecified atom stereocenters. The SMILES string of the molecule is COC(=O)CSc1nnc(NC(=O)c2ccc(N(C)S(=O)(=O)c3ccccc3)cc2)s1. The summed E-state index contributed by atoms with van der Waals surface area (Å²) in [5, 5.41) is 10.7. The topological polar surface area (TPSA) is 119 Å². The molecule has 0 saturated heterocycles. The molecule has 0 bridgehead atoms. The highest BCUT2D eigenvalue weighted by Gasteiger charge is 2.21. The molecule has 0 aliphatic carbocycles. The van der Waals surface area contributed by atoms with Gasteiger partial charge in [-0.2, -0.15) is 0 Å². The van der Waals surface area contributed by atoms with Crippen molar-refractivity contribution in [1.82, 2.24) is 10.2 Å². The minimum absolute atomic E-state index is 0.0972. The van der Waals surface area contributed by atoms with E-state index in [9.17, 15) is 18.0 Å². The summed E-state index contributed by atoms with van der Waals surface area (Å²) in [7, 11) is -0.953. The molecule has 9 nitrogen and oxygen atoms in total. The molecular formula is C19H18N4O5S3. The normalized spacial score (nSPS) is 11.0. The second-order valence-electron chi connectivity index (χ2n) is 6.02. The number of nitrogens with one attached hydrogen (secondary N) is 1. The molecule has 0 fully saturated rings. The highest BCUT2D eigenvalue weighted by Crippen LogP contribution is 2.26. The predicted octanol–water partition coefficient (Wildman–Crippen LogP) is 2.88. The number of methoxy groups -OCH3 is 1. The fourth-order valence-electron chi connectivity index (χ4n) is 2.38. The molecule has 31 heavy (non-hydrogen) atoms. The number of amides is 1. The summed E-state index contributed by atoms with van der Waals surface area (Å²) in [5.41, 5.74) is 0.742. The van der Waals surface area contributed by atoms with Gasteiger partial charge in [0.1, 0.15) is 0 Å². The average Bonchev–Trinajstić information content (AvgIpc) is 3.24. The lowest BCUT2D eigenvalue weighted by Crippen LogP contribution is -2.26. The average molecular weight is 479 g/mol. The van der Waals surface area contributed by atoms with Crippen LogP contribution in [0, 0.1) is 0 Å². The van der Waals surface area contributed by atoms with Crippen molar-refractivity contribution >= 4 is 55.8 Å². The number of benzene rings is 2. The number of ether oxygens (including phenoxy) is 1. The lowest BCUT2D eigenvalue weighted by molar-refractivity contribution is -0.137. The Balaban J connectivity index is 1.65. The van der Waals surface area contributed by atoms with Crippen LogP contribution in [0.25, 0.3) is 0 Å². The van der Waals surface area contributed by atoms with Gasteiger partial charge in [0.15, 0.2) is 4.34 Å². The van der Waals surface area contributed by atoms with Gasteiger partial charge in [0, 0.05) is 12.6 Å². The first-order chi connectivity index (χ1) is 14.8. The molecule has 0 aliphatic heterocycles. The molecule has 2 aromatic carbocycles. The Morgan fingerprint density at radius 1 is 1.10 bits per heavy atom. The Kier molecular flexibility index (Phi) is 7.25. The molecule has 3 rings (SSSR count). The van der Waals surface area contributed by atoms with E-state index in [2.05, 4.69) is 20.3 Å². The molecule has 12 heteroatoms. The van der Waals surface area contributed by atoms with E-state index < -0.39 is 15.9 Å². The highest BCUT2D eigenvalue weighted by atomic mass is 32.2. The zero-order valence-electron chi connectivity index (χ0n) is 16.5. The third kappa shape index (κ3) is 5.60. The number of sulfonamides is 1. The largest absolute Gasteiger partial charge is 0.468 e. The minimum atomic E-state index is -3.70. The lowest BCUT2D eigenvalue weighted by atomic mass is 10.2. The van der Waals surface area contributed by atoms with Crippen LogP contribution < -0.4 is 9.62 Å². The quantitative estimate of drug-likeness (QED) is 0.298. The molecule has 1 amide bonds. The van der Waals surface area contributed by atoms with E-state index in [1.54, 1.807) is 30.3 Å². The molecule has 1 N–H and O–H groups in total. The Bertz CT molecular complexity index is 1160. The van der Waals surface area contributed by atoms with Crippen molar-refractivity contribution in [2.24, 2.45) is 0 Å². The fraction of sp³-hybridized carbons (Fsp3) is 0.158. The number of nitrogens with zero attached hydrogens (tertiary/aromatic N) is 3. The van der Waals surface area contributed by atoms with E-state index >= 15 is 0 Å². The van der Waals surface area contributed by atoms with Crippen LogP contribution in [-0.2, 0) is 19.6 Å². The van der Waals surface area contributed by atoms with Gasteiger partial charge in [-0.3, -0.25) is 19.2 Å². The van der Waals surface area contributed by atoms with E-state index in [0.29, 0.717) is 15.6 Å². The van der Waals surface area contributed by atoms with Crippen molar-refractivity contribution in [2.75, 3.05) is 29.5 Å². The van der Waals surface area contributed by atoms with Crippen molar-refractivity contribution in [3.8, 4) is 0 Å². The summed E-state index contributed by atoms with van der Waals surface area (Å²) in [6.07, 6.45) is 0. The molecule has 0 aliphatic rings. The van der Waals surface area contributed by atoms with E-state index in [1.807, 2.05) is 0 Å². The number of hydrogen-bond acceptors (Lipinski definition) is 9. The van der Waals surface area contributed by atoms with Crippen LogP contribution in [0.2, 0.25) is 0 Å². The van der Waals surface area contributed by atoms with Crippen LogP contribution in [0.5, 0.6) is 0 Å². The van der Waals surface area contributed by atoms with E-state index in [1.165, 1.54) is 38.4 Å². The van der Waals surface area contributed by atoms with Gasteiger partial charge in [-0.1, -0.05) is 41.3 Å². The number of aromatic nitrogens is 2. The van der Waals surface area contributed by atoms with Gasteiger partial charge < -0.3 is 4.74 Å². The van der Waals surface area contributed by atoms with Gasteiger partial charge in [-0.25, -0.2) is 8.42 Å². The third-order valence-corrected chi connectivity index (χ3v) is 7.81. The molecule has 0 saturated carbocycles. The summed E-state index contributed by atoms with van der Waals surface area (Å²) in [5.74, 6) is -0.703. The Hall–Kier alpha value is -2.96. The molecule has 162 valence electrons. The summed E-state index contributed by atoms with van der Waals surface area (Å²) < 4.78 is 31.7. The first-order valence-corrected chi connectivity index (χ1v) is 12.0. The van der Waals surface area contributed by atoms with Crippen molar-refractivity contribution in [1.29, 1.82) is 0 Å². The first-order valence-electron chi connectivity index (χ1n) is 8.80. The van der Waals surface area contributed by atoms with Crippen molar-refractivity contribution in [3.63, 3.8) is 0 Å². The van der Waals surface area contributed by atoms with Crippen LogP contribution in [-0.4, -0.2) is 50.4 Å². The van der Waals surface area contributed by atoms with Crippen molar-refractivity contribution in [3.05, 3.63) is 60.2 Å². The first kappa shape index (κ1) is 22.7. The fourth-order valence-corrected chi connectivity index (χ4v) is 5.18. The summed E-state index contributed by atoms with van der Waals surface area (Å²) >= 11 is 2.29. The van der Waals surface area contributed by atoms with Crippen LogP contribution in [0.3, 0.4) is 0 Å². The zero-order chi connectivity index (χ0) is 22.4. The van der Waals surface area contributed by atoms with Gasteiger partial charge >= 0.3 is 5.97 Å². The third-order valence-electron chi connectivity index (χ3n) is 4.06. The van der Waals surface area contributed by atoms with Crippen molar-refractivity contribution < 1.29 is 22.7 Å². The van der Waals surface area contributed by atoms with E-state index in [4.69, 9.17) is 0 Å². The van der Waals surface area contributed by atoms with Crippen LogP contribution in [0.15, 0.2) is 63.8 Å². The van der Waals surface area contributed by atoms with Crippen LogP contribution >= 0.6 is 23.1 Å². The number of carbonyl (C=O) groups is 2. The number of anilines is 2. The van der Waals surface area contributed by atoms with Crippen molar-refractivity contribution in [2.45, 2.75) is 9.24 Å². The Morgan fingerprint density at radius 3 is 2.42 bits per heavy atom. The lowest BCUT2D eigenvalue weighted by Gasteiger charge is -2.19. The van der Waals surface area contributed by atoms with Crippen LogP contribution in [0.4, 0.5) is 10.8 Å². The second-order valence-corrected chi connectivity index (χ2v) is 10.2. The smallest absolute Gasteiger partial charge is 0.316 e.